The van der Waals surface area contributed by atoms with Gasteiger partial charge in [0.2, 0.25) is 11.8 Å². The van der Waals surface area contributed by atoms with Crippen LogP contribution in [0.5, 0.6) is 11.6 Å². The number of carbonyl (C=O) groups excluding carboxylic acids is 1. The SMILES string of the molecule is COc1cccc(CC(=O)N2CC[C@H](Oc3cc(C)nc(C)n3)C2)c1. The summed E-state index contributed by atoms with van der Waals surface area (Å²) in [6.07, 6.45) is 1.16. The zero-order valence-electron chi connectivity index (χ0n) is 14.9. The predicted octanol–water partition coefficient (Wildman–Crippen LogP) is 2.32. The number of benzene rings is 1. The minimum atomic E-state index is -0.0250. The van der Waals surface area contributed by atoms with Gasteiger partial charge in [-0.15, -0.1) is 0 Å². The van der Waals surface area contributed by atoms with Gasteiger partial charge < -0.3 is 14.4 Å². The van der Waals surface area contributed by atoms with Gasteiger partial charge in [0, 0.05) is 24.7 Å². The number of rotatable bonds is 5. The maximum Gasteiger partial charge on any atom is 0.227 e. The summed E-state index contributed by atoms with van der Waals surface area (Å²) in [7, 11) is 1.62. The van der Waals surface area contributed by atoms with Gasteiger partial charge in [0.25, 0.3) is 0 Å². The van der Waals surface area contributed by atoms with E-state index in [1.165, 1.54) is 0 Å². The summed E-state index contributed by atoms with van der Waals surface area (Å²) < 4.78 is 11.1. The molecule has 25 heavy (non-hydrogen) atoms. The van der Waals surface area contributed by atoms with E-state index in [1.807, 2.05) is 49.1 Å². The van der Waals surface area contributed by atoms with E-state index in [0.717, 1.165) is 23.4 Å². The number of carbonyl (C=O) groups is 1. The Morgan fingerprint density at radius 3 is 2.88 bits per heavy atom. The summed E-state index contributed by atoms with van der Waals surface area (Å²) in [6, 6.07) is 9.44. The zero-order valence-corrected chi connectivity index (χ0v) is 14.9. The molecule has 1 atom stereocenters. The van der Waals surface area contributed by atoms with Crippen molar-refractivity contribution < 1.29 is 14.3 Å². The third kappa shape index (κ3) is 4.47. The standard InChI is InChI=1S/C19H23N3O3/c1-13-9-18(21-14(2)20-13)25-17-7-8-22(12-17)19(23)11-15-5-4-6-16(10-15)24-3/h4-6,9-10,17H,7-8,11-12H2,1-3H3/t17-/m0/s1. The highest BCUT2D eigenvalue weighted by atomic mass is 16.5. The second kappa shape index (κ2) is 7.51. The van der Waals surface area contributed by atoms with Crippen LogP contribution in [0.25, 0.3) is 0 Å². The Morgan fingerprint density at radius 1 is 1.28 bits per heavy atom. The van der Waals surface area contributed by atoms with Gasteiger partial charge in [-0.25, -0.2) is 4.98 Å². The number of hydrogen-bond donors (Lipinski definition) is 0. The van der Waals surface area contributed by atoms with Gasteiger partial charge in [-0.3, -0.25) is 4.79 Å². The summed E-state index contributed by atoms with van der Waals surface area (Å²) >= 11 is 0. The molecule has 0 spiro atoms. The van der Waals surface area contributed by atoms with Crippen LogP contribution in [0.1, 0.15) is 23.5 Å². The van der Waals surface area contributed by atoms with Crippen molar-refractivity contribution in [3.05, 3.63) is 47.4 Å². The van der Waals surface area contributed by atoms with Gasteiger partial charge in [0.05, 0.1) is 20.1 Å². The van der Waals surface area contributed by atoms with Crippen LogP contribution in [0.2, 0.25) is 0 Å². The van der Waals surface area contributed by atoms with E-state index in [0.29, 0.717) is 31.2 Å². The fraction of sp³-hybridized carbons (Fsp3) is 0.421. The lowest BCUT2D eigenvalue weighted by molar-refractivity contribution is -0.129. The van der Waals surface area contributed by atoms with Crippen LogP contribution in [0, 0.1) is 13.8 Å². The van der Waals surface area contributed by atoms with Gasteiger partial charge in [-0.1, -0.05) is 12.1 Å². The largest absolute Gasteiger partial charge is 0.497 e. The minimum Gasteiger partial charge on any atom is -0.497 e. The first-order chi connectivity index (χ1) is 12.0. The van der Waals surface area contributed by atoms with E-state index in [-0.39, 0.29) is 12.0 Å². The molecule has 3 rings (SSSR count). The molecule has 132 valence electrons. The molecule has 1 fully saturated rings. The van der Waals surface area contributed by atoms with Crippen LogP contribution in [-0.2, 0) is 11.2 Å². The van der Waals surface area contributed by atoms with Crippen LogP contribution in [0.4, 0.5) is 0 Å². The maximum absolute atomic E-state index is 12.5. The van der Waals surface area contributed by atoms with Gasteiger partial charge in [0.1, 0.15) is 17.7 Å². The van der Waals surface area contributed by atoms with E-state index < -0.39 is 0 Å². The van der Waals surface area contributed by atoms with E-state index in [2.05, 4.69) is 9.97 Å². The summed E-state index contributed by atoms with van der Waals surface area (Å²) in [6.45, 7) is 5.06. The van der Waals surface area contributed by atoms with Gasteiger partial charge in [-0.2, -0.15) is 4.98 Å². The van der Waals surface area contributed by atoms with Crippen LogP contribution < -0.4 is 9.47 Å². The molecule has 1 aromatic heterocycles. The molecule has 2 aromatic rings. The van der Waals surface area contributed by atoms with E-state index in [1.54, 1.807) is 7.11 Å². The normalized spacial score (nSPS) is 16.8. The summed E-state index contributed by atoms with van der Waals surface area (Å²) in [5.74, 6) is 2.15. The third-order valence-electron chi connectivity index (χ3n) is 4.22. The molecule has 1 aliphatic rings. The number of ether oxygens (including phenoxy) is 2. The predicted molar refractivity (Wildman–Crippen MR) is 93.8 cm³/mol. The summed E-state index contributed by atoms with van der Waals surface area (Å²) in [4.78, 5) is 22.9. The Balaban J connectivity index is 1.57. The lowest BCUT2D eigenvalue weighted by atomic mass is 10.1. The highest BCUT2D eigenvalue weighted by Gasteiger charge is 2.28. The van der Waals surface area contributed by atoms with Gasteiger partial charge in [0.15, 0.2) is 0 Å². The maximum atomic E-state index is 12.5. The summed E-state index contributed by atoms with van der Waals surface area (Å²) in [5.41, 5.74) is 1.84. The van der Waals surface area contributed by atoms with Crippen molar-refractivity contribution in [1.82, 2.24) is 14.9 Å². The number of methoxy groups -OCH3 is 1. The minimum absolute atomic E-state index is 0.0250. The molecule has 0 aliphatic carbocycles. The van der Waals surface area contributed by atoms with Crippen molar-refractivity contribution in [1.29, 1.82) is 0 Å². The molecule has 2 heterocycles. The molecule has 6 heteroatoms. The van der Waals surface area contributed by atoms with Crippen LogP contribution in [0.15, 0.2) is 30.3 Å². The Hall–Kier alpha value is -2.63. The third-order valence-corrected chi connectivity index (χ3v) is 4.22. The molecule has 0 unspecified atom stereocenters. The average Bonchev–Trinajstić information content (AvgIpc) is 3.02. The highest BCUT2D eigenvalue weighted by Crippen LogP contribution is 2.19. The van der Waals surface area contributed by atoms with Crippen molar-refractivity contribution in [2.45, 2.75) is 32.8 Å². The Bertz CT molecular complexity index is 743. The highest BCUT2D eigenvalue weighted by molar-refractivity contribution is 5.79. The van der Waals surface area contributed by atoms with Crippen LogP contribution in [0.3, 0.4) is 0 Å². The molecule has 6 nitrogen and oxygen atoms in total. The smallest absolute Gasteiger partial charge is 0.227 e. The van der Waals surface area contributed by atoms with Crippen molar-refractivity contribution in [3.63, 3.8) is 0 Å². The molecule has 1 saturated heterocycles. The van der Waals surface area contributed by atoms with Gasteiger partial charge in [-0.05, 0) is 31.5 Å². The molecule has 0 N–H and O–H groups in total. The first-order valence-corrected chi connectivity index (χ1v) is 8.43. The second-order valence-electron chi connectivity index (χ2n) is 6.29. The number of hydrogen-bond acceptors (Lipinski definition) is 5. The van der Waals surface area contributed by atoms with Gasteiger partial charge >= 0.3 is 0 Å². The molecule has 0 bridgehead atoms. The molecule has 0 saturated carbocycles. The molecule has 1 amide bonds. The van der Waals surface area contributed by atoms with Crippen molar-refractivity contribution >= 4 is 5.91 Å². The fourth-order valence-electron chi connectivity index (χ4n) is 3.03. The van der Waals surface area contributed by atoms with Crippen molar-refractivity contribution in [3.8, 4) is 11.6 Å². The molecule has 1 aromatic carbocycles. The molecular weight excluding hydrogens is 318 g/mol. The number of aryl methyl sites for hydroxylation is 2. The van der Waals surface area contributed by atoms with Crippen LogP contribution in [-0.4, -0.2) is 47.1 Å². The van der Waals surface area contributed by atoms with Crippen LogP contribution >= 0.6 is 0 Å². The van der Waals surface area contributed by atoms with E-state index in [9.17, 15) is 4.79 Å². The quantitative estimate of drug-likeness (QED) is 0.835. The second-order valence-corrected chi connectivity index (χ2v) is 6.29. The van der Waals surface area contributed by atoms with Crippen molar-refractivity contribution in [2.24, 2.45) is 0 Å². The zero-order chi connectivity index (χ0) is 17.8. The first kappa shape index (κ1) is 17.2. The Morgan fingerprint density at radius 2 is 2.12 bits per heavy atom. The van der Waals surface area contributed by atoms with E-state index >= 15 is 0 Å². The van der Waals surface area contributed by atoms with Crippen molar-refractivity contribution in [2.75, 3.05) is 20.2 Å². The molecule has 1 aliphatic heterocycles. The monoisotopic (exact) mass is 341 g/mol. The molecule has 0 radical (unpaired) electrons. The number of likely N-dealkylation sites (tertiary alicyclic amines) is 1. The van der Waals surface area contributed by atoms with E-state index in [4.69, 9.17) is 9.47 Å². The number of nitrogens with zero attached hydrogens (tertiary/aromatic N) is 3. The Kier molecular flexibility index (Phi) is 5.16. The first-order valence-electron chi connectivity index (χ1n) is 8.43. The lowest BCUT2D eigenvalue weighted by Crippen LogP contribution is -2.32. The fourth-order valence-corrected chi connectivity index (χ4v) is 3.03. The number of amides is 1. The lowest BCUT2D eigenvalue weighted by Gasteiger charge is -2.17. The molecular formula is C19H23N3O3. The topological polar surface area (TPSA) is 64.5 Å². The average molecular weight is 341 g/mol. The Labute approximate surface area is 147 Å². The summed E-state index contributed by atoms with van der Waals surface area (Å²) in [5, 5.41) is 0. The number of aromatic nitrogens is 2.